The van der Waals surface area contributed by atoms with Gasteiger partial charge in [-0.2, -0.15) is 5.10 Å². The van der Waals surface area contributed by atoms with Gasteiger partial charge < -0.3 is 0 Å². The van der Waals surface area contributed by atoms with Gasteiger partial charge in [0.1, 0.15) is 0 Å². The lowest BCUT2D eigenvalue weighted by Gasteiger charge is -2.00. The van der Waals surface area contributed by atoms with Crippen molar-refractivity contribution >= 4 is 17.8 Å². The van der Waals surface area contributed by atoms with E-state index in [9.17, 15) is 14.9 Å². The van der Waals surface area contributed by atoms with Gasteiger partial charge in [-0.05, 0) is 12.0 Å². The predicted octanol–water partition coefficient (Wildman–Crippen LogP) is 2.04. The van der Waals surface area contributed by atoms with Gasteiger partial charge in [0.2, 0.25) is 5.91 Å². The Hall–Kier alpha value is -2.24. The standard InChI is InChI=1S/C12H15N3O3/c1-2-3-8-13-14-12(16)9-10-4-6-11(7-5-10)15(17)18/h4-8H,2-3,9H2,1H3,(H,14,16). The number of nitro groups is 1. The number of benzene rings is 1. The molecule has 1 amide bonds. The summed E-state index contributed by atoms with van der Waals surface area (Å²) in [4.78, 5) is 21.4. The molecule has 1 aromatic rings. The summed E-state index contributed by atoms with van der Waals surface area (Å²) in [6.07, 6.45) is 3.59. The van der Waals surface area contributed by atoms with Crippen molar-refractivity contribution in [1.29, 1.82) is 0 Å². The molecule has 6 heteroatoms. The normalized spacial score (nSPS) is 10.5. The molecule has 96 valence electrons. The van der Waals surface area contributed by atoms with Crippen LogP contribution < -0.4 is 5.43 Å². The number of unbranched alkanes of at least 4 members (excludes halogenated alkanes) is 1. The van der Waals surface area contributed by atoms with Gasteiger partial charge in [0, 0.05) is 18.3 Å². The fourth-order valence-electron chi connectivity index (χ4n) is 1.27. The highest BCUT2D eigenvalue weighted by Crippen LogP contribution is 2.12. The number of non-ortho nitro benzene ring substituents is 1. The number of amides is 1. The van der Waals surface area contributed by atoms with Gasteiger partial charge in [-0.3, -0.25) is 14.9 Å². The van der Waals surface area contributed by atoms with Crippen molar-refractivity contribution in [3.63, 3.8) is 0 Å². The molecule has 0 unspecified atom stereocenters. The minimum Gasteiger partial charge on any atom is -0.273 e. The lowest BCUT2D eigenvalue weighted by molar-refractivity contribution is -0.384. The second-order valence-corrected chi connectivity index (χ2v) is 3.74. The number of carbonyl (C=O) groups excluding carboxylic acids is 1. The van der Waals surface area contributed by atoms with E-state index in [0.717, 1.165) is 12.8 Å². The van der Waals surface area contributed by atoms with E-state index in [1.165, 1.54) is 12.1 Å². The van der Waals surface area contributed by atoms with Gasteiger partial charge in [-0.1, -0.05) is 25.5 Å². The molecule has 0 heterocycles. The number of carbonyl (C=O) groups is 1. The van der Waals surface area contributed by atoms with Crippen molar-refractivity contribution in [2.45, 2.75) is 26.2 Å². The number of nitrogens with one attached hydrogen (secondary N) is 1. The summed E-state index contributed by atoms with van der Waals surface area (Å²) in [5.74, 6) is -0.240. The Morgan fingerprint density at radius 3 is 2.67 bits per heavy atom. The zero-order valence-electron chi connectivity index (χ0n) is 10.1. The molecular formula is C12H15N3O3. The number of rotatable bonds is 6. The number of hydrogen-bond donors (Lipinski definition) is 1. The smallest absolute Gasteiger partial charge is 0.269 e. The highest BCUT2D eigenvalue weighted by Gasteiger charge is 2.06. The van der Waals surface area contributed by atoms with Crippen molar-refractivity contribution in [1.82, 2.24) is 5.43 Å². The minimum atomic E-state index is -0.473. The van der Waals surface area contributed by atoms with Crippen LogP contribution in [0, 0.1) is 10.1 Å². The Morgan fingerprint density at radius 1 is 1.44 bits per heavy atom. The van der Waals surface area contributed by atoms with Crippen LogP contribution in [0.25, 0.3) is 0 Å². The van der Waals surface area contributed by atoms with E-state index in [1.807, 2.05) is 6.92 Å². The Morgan fingerprint density at radius 2 is 2.11 bits per heavy atom. The van der Waals surface area contributed by atoms with Crippen LogP contribution in [0.5, 0.6) is 0 Å². The molecule has 0 saturated heterocycles. The fraction of sp³-hybridized carbons (Fsp3) is 0.333. The van der Waals surface area contributed by atoms with Gasteiger partial charge in [-0.15, -0.1) is 0 Å². The number of hydrazone groups is 1. The summed E-state index contributed by atoms with van der Waals surface area (Å²) in [5.41, 5.74) is 3.13. The van der Waals surface area contributed by atoms with Crippen LogP contribution in [0.2, 0.25) is 0 Å². The lowest BCUT2D eigenvalue weighted by Crippen LogP contribution is -2.19. The first-order chi connectivity index (χ1) is 8.63. The van der Waals surface area contributed by atoms with E-state index in [2.05, 4.69) is 10.5 Å². The van der Waals surface area contributed by atoms with E-state index in [0.29, 0.717) is 5.56 Å². The third kappa shape index (κ3) is 4.73. The van der Waals surface area contributed by atoms with Crippen molar-refractivity contribution in [3.8, 4) is 0 Å². The predicted molar refractivity (Wildman–Crippen MR) is 68.3 cm³/mol. The Balaban J connectivity index is 2.47. The van der Waals surface area contributed by atoms with Crippen LogP contribution in [0.1, 0.15) is 25.3 Å². The molecule has 1 N–H and O–H groups in total. The summed E-state index contributed by atoms with van der Waals surface area (Å²) < 4.78 is 0. The van der Waals surface area contributed by atoms with Gasteiger partial charge in [0.05, 0.1) is 11.3 Å². The zero-order valence-corrected chi connectivity index (χ0v) is 10.1. The molecule has 0 bridgehead atoms. The van der Waals surface area contributed by atoms with Gasteiger partial charge in [-0.25, -0.2) is 5.43 Å². The molecule has 0 spiro atoms. The quantitative estimate of drug-likeness (QED) is 0.475. The van der Waals surface area contributed by atoms with Crippen LogP contribution in [0.3, 0.4) is 0 Å². The SMILES string of the molecule is CCCC=NNC(=O)Cc1ccc([N+](=O)[O-])cc1. The monoisotopic (exact) mass is 249 g/mol. The second kappa shape index (κ2) is 7.16. The molecule has 1 aromatic carbocycles. The van der Waals surface area contributed by atoms with E-state index >= 15 is 0 Å². The Kier molecular flexibility index (Phi) is 5.50. The molecule has 0 fully saturated rings. The molecule has 0 aromatic heterocycles. The van der Waals surface area contributed by atoms with Crippen molar-refractivity contribution in [3.05, 3.63) is 39.9 Å². The summed E-state index contributed by atoms with van der Waals surface area (Å²) in [6, 6.07) is 5.88. The first kappa shape index (κ1) is 13.8. The number of hydrogen-bond acceptors (Lipinski definition) is 4. The average molecular weight is 249 g/mol. The largest absolute Gasteiger partial charge is 0.273 e. The third-order valence-electron chi connectivity index (χ3n) is 2.21. The van der Waals surface area contributed by atoms with Crippen LogP contribution in [-0.4, -0.2) is 17.0 Å². The van der Waals surface area contributed by atoms with Crippen molar-refractivity contribution < 1.29 is 9.72 Å². The Bertz CT molecular complexity index is 440. The molecular weight excluding hydrogens is 234 g/mol. The second-order valence-electron chi connectivity index (χ2n) is 3.74. The molecule has 0 saturated carbocycles. The molecule has 0 aliphatic rings. The van der Waals surface area contributed by atoms with Gasteiger partial charge >= 0.3 is 0 Å². The lowest BCUT2D eigenvalue weighted by atomic mass is 10.1. The van der Waals surface area contributed by atoms with Crippen LogP contribution >= 0.6 is 0 Å². The topological polar surface area (TPSA) is 84.6 Å². The summed E-state index contributed by atoms with van der Waals surface area (Å²) in [7, 11) is 0. The summed E-state index contributed by atoms with van der Waals surface area (Å²) in [6.45, 7) is 2.02. The third-order valence-corrected chi connectivity index (χ3v) is 2.21. The molecule has 6 nitrogen and oxygen atoms in total. The maximum absolute atomic E-state index is 11.4. The van der Waals surface area contributed by atoms with Gasteiger partial charge in [0.15, 0.2) is 0 Å². The first-order valence-electron chi connectivity index (χ1n) is 5.67. The molecule has 0 atom stereocenters. The summed E-state index contributed by atoms with van der Waals surface area (Å²) in [5, 5.41) is 14.2. The number of nitro benzene ring substituents is 1. The van der Waals surface area contributed by atoms with Gasteiger partial charge in [0.25, 0.3) is 5.69 Å². The fourth-order valence-corrected chi connectivity index (χ4v) is 1.27. The average Bonchev–Trinajstić information content (AvgIpc) is 2.35. The van der Waals surface area contributed by atoms with E-state index < -0.39 is 4.92 Å². The van der Waals surface area contributed by atoms with Crippen LogP contribution in [0.15, 0.2) is 29.4 Å². The van der Waals surface area contributed by atoms with Crippen molar-refractivity contribution in [2.75, 3.05) is 0 Å². The summed E-state index contributed by atoms with van der Waals surface area (Å²) >= 11 is 0. The van der Waals surface area contributed by atoms with Crippen LogP contribution in [0.4, 0.5) is 5.69 Å². The van der Waals surface area contributed by atoms with Crippen LogP contribution in [-0.2, 0) is 11.2 Å². The number of nitrogens with zero attached hydrogens (tertiary/aromatic N) is 2. The molecule has 0 aliphatic heterocycles. The molecule has 0 aliphatic carbocycles. The first-order valence-corrected chi connectivity index (χ1v) is 5.67. The zero-order chi connectivity index (χ0) is 13.4. The molecule has 0 radical (unpaired) electrons. The van der Waals surface area contributed by atoms with E-state index in [-0.39, 0.29) is 18.0 Å². The van der Waals surface area contributed by atoms with E-state index in [4.69, 9.17) is 0 Å². The highest BCUT2D eigenvalue weighted by atomic mass is 16.6. The molecule has 18 heavy (non-hydrogen) atoms. The maximum atomic E-state index is 11.4. The molecule has 1 rings (SSSR count). The Labute approximate surface area is 105 Å². The van der Waals surface area contributed by atoms with E-state index in [1.54, 1.807) is 18.3 Å². The maximum Gasteiger partial charge on any atom is 0.269 e. The minimum absolute atomic E-state index is 0.0140. The van der Waals surface area contributed by atoms with Crippen molar-refractivity contribution in [2.24, 2.45) is 5.10 Å². The highest BCUT2D eigenvalue weighted by molar-refractivity contribution is 5.79.